The third-order valence-electron chi connectivity index (χ3n) is 1.94. The molecule has 0 aliphatic rings. The molecule has 0 N–H and O–H groups in total. The van der Waals surface area contributed by atoms with Gasteiger partial charge in [-0.1, -0.05) is 6.92 Å². The summed E-state index contributed by atoms with van der Waals surface area (Å²) in [5.41, 5.74) is 0. The Hall–Kier alpha value is -1.36. The van der Waals surface area contributed by atoms with Gasteiger partial charge in [-0.2, -0.15) is 0 Å². The lowest BCUT2D eigenvalue weighted by Crippen LogP contribution is -2.07. The summed E-state index contributed by atoms with van der Waals surface area (Å²) < 4.78 is 27.3. The van der Waals surface area contributed by atoms with E-state index >= 15 is 0 Å². The molecule has 0 saturated carbocycles. The standard InChI is InChI=1S/C11H14O4S/c1-3-4-11(12)15-9-5-7-10(8-6-9)16(2,13)14/h5-8H,3-4H2,1-2H3. The zero-order valence-electron chi connectivity index (χ0n) is 9.26. The average molecular weight is 242 g/mol. The minimum absolute atomic E-state index is 0.211. The second-order valence-corrected chi connectivity index (χ2v) is 5.48. The first kappa shape index (κ1) is 12.7. The van der Waals surface area contributed by atoms with Crippen molar-refractivity contribution >= 4 is 15.8 Å². The fraction of sp³-hybridized carbons (Fsp3) is 0.364. The molecule has 4 nitrogen and oxygen atoms in total. The Morgan fingerprint density at radius 1 is 1.25 bits per heavy atom. The van der Waals surface area contributed by atoms with Crippen molar-refractivity contribution in [2.24, 2.45) is 0 Å². The van der Waals surface area contributed by atoms with E-state index in [1.165, 1.54) is 24.3 Å². The number of sulfone groups is 1. The summed E-state index contributed by atoms with van der Waals surface area (Å²) in [6.07, 6.45) is 2.21. The zero-order chi connectivity index (χ0) is 12.2. The number of ether oxygens (including phenoxy) is 1. The van der Waals surface area contributed by atoms with Crippen LogP contribution in [-0.2, 0) is 14.6 Å². The van der Waals surface area contributed by atoms with Crippen molar-refractivity contribution in [3.8, 4) is 5.75 Å². The molecular formula is C11H14O4S. The highest BCUT2D eigenvalue weighted by Gasteiger charge is 2.08. The number of hydrogen-bond acceptors (Lipinski definition) is 4. The maximum Gasteiger partial charge on any atom is 0.311 e. The molecule has 16 heavy (non-hydrogen) atoms. The van der Waals surface area contributed by atoms with E-state index in [-0.39, 0.29) is 10.9 Å². The molecule has 0 aromatic heterocycles. The van der Waals surface area contributed by atoms with Gasteiger partial charge in [-0.25, -0.2) is 8.42 Å². The molecule has 0 amide bonds. The molecule has 0 bridgehead atoms. The highest BCUT2D eigenvalue weighted by molar-refractivity contribution is 7.90. The van der Waals surface area contributed by atoms with Gasteiger partial charge in [0.25, 0.3) is 0 Å². The van der Waals surface area contributed by atoms with Gasteiger partial charge in [0.15, 0.2) is 9.84 Å². The smallest absolute Gasteiger partial charge is 0.311 e. The van der Waals surface area contributed by atoms with Crippen LogP contribution in [0.2, 0.25) is 0 Å². The third kappa shape index (κ3) is 3.66. The van der Waals surface area contributed by atoms with Gasteiger partial charge in [0.05, 0.1) is 4.90 Å². The number of carbonyl (C=O) groups excluding carboxylic acids is 1. The molecule has 0 aliphatic carbocycles. The zero-order valence-corrected chi connectivity index (χ0v) is 10.1. The van der Waals surface area contributed by atoms with E-state index in [2.05, 4.69) is 0 Å². The lowest BCUT2D eigenvalue weighted by atomic mass is 10.3. The SMILES string of the molecule is CCCC(=O)Oc1ccc(S(C)(=O)=O)cc1. The van der Waals surface area contributed by atoms with Crippen molar-refractivity contribution < 1.29 is 17.9 Å². The van der Waals surface area contributed by atoms with Gasteiger partial charge in [-0.05, 0) is 30.7 Å². The molecule has 5 heteroatoms. The number of esters is 1. The lowest BCUT2D eigenvalue weighted by Gasteiger charge is -2.04. The summed E-state index contributed by atoms with van der Waals surface area (Å²) in [6.45, 7) is 1.88. The molecule has 0 unspecified atom stereocenters. The summed E-state index contributed by atoms with van der Waals surface area (Å²) >= 11 is 0. The Morgan fingerprint density at radius 2 is 1.81 bits per heavy atom. The highest BCUT2D eigenvalue weighted by atomic mass is 32.2. The molecule has 1 rings (SSSR count). The molecule has 0 fully saturated rings. The first-order chi connectivity index (χ1) is 7.43. The Labute approximate surface area is 95.2 Å². The minimum atomic E-state index is -3.20. The van der Waals surface area contributed by atoms with Gasteiger partial charge >= 0.3 is 5.97 Å². The summed E-state index contributed by atoms with van der Waals surface area (Å²) in [6, 6.07) is 5.79. The van der Waals surface area contributed by atoms with Crippen LogP contribution in [0.25, 0.3) is 0 Å². The van der Waals surface area contributed by atoms with E-state index in [1.807, 2.05) is 6.92 Å². The number of carbonyl (C=O) groups is 1. The van der Waals surface area contributed by atoms with Crippen LogP contribution >= 0.6 is 0 Å². The second-order valence-electron chi connectivity index (χ2n) is 3.47. The van der Waals surface area contributed by atoms with Crippen molar-refractivity contribution in [2.45, 2.75) is 24.7 Å². The fourth-order valence-corrected chi connectivity index (χ4v) is 1.77. The normalized spacial score (nSPS) is 11.1. The Kier molecular flexibility index (Phi) is 4.06. The van der Waals surface area contributed by atoms with Crippen LogP contribution in [0.4, 0.5) is 0 Å². The van der Waals surface area contributed by atoms with E-state index in [0.717, 1.165) is 12.7 Å². The molecule has 0 heterocycles. The molecule has 0 radical (unpaired) electrons. The minimum Gasteiger partial charge on any atom is -0.427 e. The fourth-order valence-electron chi connectivity index (χ4n) is 1.14. The predicted octanol–water partition coefficient (Wildman–Crippen LogP) is 1.80. The maximum absolute atomic E-state index is 11.2. The van der Waals surface area contributed by atoms with Gasteiger partial charge in [0.1, 0.15) is 5.75 Å². The number of benzene rings is 1. The molecule has 0 spiro atoms. The average Bonchev–Trinajstić information content (AvgIpc) is 2.17. The third-order valence-corrected chi connectivity index (χ3v) is 3.07. The van der Waals surface area contributed by atoms with Crippen LogP contribution in [-0.4, -0.2) is 20.6 Å². The summed E-state index contributed by atoms with van der Waals surface area (Å²) in [5, 5.41) is 0. The van der Waals surface area contributed by atoms with Crippen LogP contribution in [0, 0.1) is 0 Å². The Bertz CT molecular complexity index is 459. The largest absolute Gasteiger partial charge is 0.427 e. The Morgan fingerprint density at radius 3 is 2.25 bits per heavy atom. The molecular weight excluding hydrogens is 228 g/mol. The van der Waals surface area contributed by atoms with Crippen LogP contribution in [0.5, 0.6) is 5.75 Å². The van der Waals surface area contributed by atoms with Crippen LogP contribution in [0.15, 0.2) is 29.2 Å². The van der Waals surface area contributed by atoms with E-state index in [1.54, 1.807) is 0 Å². The van der Waals surface area contributed by atoms with Crippen LogP contribution in [0.1, 0.15) is 19.8 Å². The molecule has 0 atom stereocenters. The van der Waals surface area contributed by atoms with E-state index in [0.29, 0.717) is 12.2 Å². The van der Waals surface area contributed by atoms with E-state index in [4.69, 9.17) is 4.74 Å². The van der Waals surface area contributed by atoms with Crippen molar-refractivity contribution in [1.29, 1.82) is 0 Å². The molecule has 1 aromatic carbocycles. The summed E-state index contributed by atoms with van der Waals surface area (Å²) in [7, 11) is -3.20. The van der Waals surface area contributed by atoms with E-state index in [9.17, 15) is 13.2 Å². The van der Waals surface area contributed by atoms with Crippen LogP contribution < -0.4 is 4.74 Å². The second kappa shape index (κ2) is 5.12. The molecule has 1 aromatic rings. The van der Waals surface area contributed by atoms with E-state index < -0.39 is 9.84 Å². The van der Waals surface area contributed by atoms with Crippen molar-refractivity contribution in [2.75, 3.05) is 6.26 Å². The Balaban J connectivity index is 2.76. The van der Waals surface area contributed by atoms with Crippen molar-refractivity contribution in [3.05, 3.63) is 24.3 Å². The summed E-state index contributed by atoms with van der Waals surface area (Å²) in [5.74, 6) is 0.0560. The van der Waals surface area contributed by atoms with Crippen molar-refractivity contribution in [1.82, 2.24) is 0 Å². The summed E-state index contributed by atoms with van der Waals surface area (Å²) in [4.78, 5) is 11.4. The van der Waals surface area contributed by atoms with Gasteiger partial charge < -0.3 is 4.74 Å². The number of rotatable bonds is 4. The van der Waals surface area contributed by atoms with Gasteiger partial charge in [0, 0.05) is 12.7 Å². The highest BCUT2D eigenvalue weighted by Crippen LogP contribution is 2.16. The predicted molar refractivity (Wildman–Crippen MR) is 60.1 cm³/mol. The van der Waals surface area contributed by atoms with Gasteiger partial charge in [-0.15, -0.1) is 0 Å². The first-order valence-corrected chi connectivity index (χ1v) is 6.83. The van der Waals surface area contributed by atoms with Crippen LogP contribution in [0.3, 0.4) is 0 Å². The first-order valence-electron chi connectivity index (χ1n) is 4.94. The van der Waals surface area contributed by atoms with Crippen molar-refractivity contribution in [3.63, 3.8) is 0 Å². The monoisotopic (exact) mass is 242 g/mol. The van der Waals surface area contributed by atoms with Gasteiger partial charge in [0.2, 0.25) is 0 Å². The molecule has 0 aliphatic heterocycles. The number of hydrogen-bond donors (Lipinski definition) is 0. The maximum atomic E-state index is 11.2. The molecule has 0 saturated heterocycles. The topological polar surface area (TPSA) is 60.4 Å². The quantitative estimate of drug-likeness (QED) is 0.596. The lowest BCUT2D eigenvalue weighted by molar-refractivity contribution is -0.134. The molecule has 88 valence electrons. The van der Waals surface area contributed by atoms with Gasteiger partial charge in [-0.3, -0.25) is 4.79 Å².